The quantitative estimate of drug-likeness (QED) is 0.872. The van der Waals surface area contributed by atoms with Gasteiger partial charge in [0.2, 0.25) is 0 Å². The van der Waals surface area contributed by atoms with E-state index in [9.17, 15) is 4.79 Å². The van der Waals surface area contributed by atoms with Crippen molar-refractivity contribution in [1.29, 1.82) is 0 Å². The number of carbonyl (C=O) groups excluding carboxylic acids is 1. The average molecular weight is 290 g/mol. The Labute approximate surface area is 122 Å². The maximum Gasteiger partial charge on any atom is 0.316 e. The van der Waals surface area contributed by atoms with Gasteiger partial charge in [-0.15, -0.1) is 0 Å². The van der Waals surface area contributed by atoms with Gasteiger partial charge in [-0.1, -0.05) is 13.8 Å². The van der Waals surface area contributed by atoms with Crippen molar-refractivity contribution in [2.24, 2.45) is 13.0 Å². The van der Waals surface area contributed by atoms with Crippen LogP contribution in [0.5, 0.6) is 6.01 Å². The first kappa shape index (κ1) is 14.9. The van der Waals surface area contributed by atoms with Crippen molar-refractivity contribution in [1.82, 2.24) is 30.0 Å². The van der Waals surface area contributed by atoms with Crippen molar-refractivity contribution in [3.63, 3.8) is 0 Å². The second kappa shape index (κ2) is 6.29. The summed E-state index contributed by atoms with van der Waals surface area (Å²) in [6, 6.07) is -0.0210. The third-order valence-electron chi connectivity index (χ3n) is 3.05. The van der Waals surface area contributed by atoms with E-state index in [1.165, 1.54) is 25.8 Å². The Morgan fingerprint density at radius 2 is 1.95 bits per heavy atom. The molecule has 2 heterocycles. The van der Waals surface area contributed by atoms with Crippen LogP contribution < -0.4 is 10.1 Å². The van der Waals surface area contributed by atoms with Gasteiger partial charge in [0.15, 0.2) is 0 Å². The highest BCUT2D eigenvalue weighted by Crippen LogP contribution is 2.19. The number of hydrogen-bond donors (Lipinski definition) is 1. The molecule has 112 valence electrons. The smallest absolute Gasteiger partial charge is 0.316 e. The maximum atomic E-state index is 12.3. The minimum atomic E-state index is -0.264. The zero-order valence-electron chi connectivity index (χ0n) is 12.4. The zero-order chi connectivity index (χ0) is 15.4. The van der Waals surface area contributed by atoms with E-state index in [0.29, 0.717) is 11.4 Å². The predicted octanol–water partition coefficient (Wildman–Crippen LogP) is 0.741. The largest absolute Gasteiger partial charge is 0.467 e. The second-order valence-electron chi connectivity index (χ2n) is 4.90. The highest BCUT2D eigenvalue weighted by Gasteiger charge is 2.23. The van der Waals surface area contributed by atoms with Crippen LogP contribution in [0.4, 0.5) is 0 Å². The molecule has 8 nitrogen and oxygen atoms in total. The molecule has 0 unspecified atom stereocenters. The number of aromatic nitrogens is 5. The lowest BCUT2D eigenvalue weighted by atomic mass is 10.0. The molecule has 0 radical (unpaired) electrons. The zero-order valence-corrected chi connectivity index (χ0v) is 12.4. The van der Waals surface area contributed by atoms with Crippen LogP contribution in [0.15, 0.2) is 18.7 Å². The summed E-state index contributed by atoms with van der Waals surface area (Å²) in [5.74, 6) is 0.600. The molecule has 1 N–H and O–H groups in total. The number of methoxy groups -OCH3 is 1. The molecule has 0 bridgehead atoms. The van der Waals surface area contributed by atoms with Crippen molar-refractivity contribution < 1.29 is 9.53 Å². The first-order valence-electron chi connectivity index (χ1n) is 6.53. The molecule has 2 aromatic rings. The number of rotatable bonds is 5. The molecule has 0 aliphatic heterocycles. The Hall–Kier alpha value is -2.51. The van der Waals surface area contributed by atoms with E-state index in [-0.39, 0.29) is 23.9 Å². The van der Waals surface area contributed by atoms with Gasteiger partial charge >= 0.3 is 6.01 Å². The maximum absolute atomic E-state index is 12.3. The Balaban J connectivity index is 2.16. The van der Waals surface area contributed by atoms with Crippen molar-refractivity contribution in [3.05, 3.63) is 30.1 Å². The van der Waals surface area contributed by atoms with Crippen LogP contribution in [0, 0.1) is 5.92 Å². The number of aryl methyl sites for hydroxylation is 1. The standard InChI is InChI=1S/C13H18N6O2/c1-8(2)10(11-16-7-17-19(11)3)18-12(20)9-5-14-13(21-4)15-6-9/h5-8,10H,1-4H3,(H,18,20)/t10-/m1/s1. The third-order valence-corrected chi connectivity index (χ3v) is 3.05. The highest BCUT2D eigenvalue weighted by atomic mass is 16.5. The van der Waals surface area contributed by atoms with Gasteiger partial charge in [-0.2, -0.15) is 5.10 Å². The predicted molar refractivity (Wildman–Crippen MR) is 74.6 cm³/mol. The van der Waals surface area contributed by atoms with Gasteiger partial charge in [0.25, 0.3) is 5.91 Å². The van der Waals surface area contributed by atoms with Gasteiger partial charge in [0.1, 0.15) is 12.2 Å². The van der Waals surface area contributed by atoms with E-state index in [4.69, 9.17) is 4.74 Å². The lowest BCUT2D eigenvalue weighted by Gasteiger charge is -2.21. The van der Waals surface area contributed by atoms with Crippen molar-refractivity contribution in [3.8, 4) is 6.01 Å². The number of nitrogens with zero attached hydrogens (tertiary/aromatic N) is 5. The molecule has 2 aromatic heterocycles. The Kier molecular flexibility index (Phi) is 4.46. The van der Waals surface area contributed by atoms with Crippen LogP contribution in [-0.2, 0) is 7.05 Å². The van der Waals surface area contributed by atoms with E-state index >= 15 is 0 Å². The van der Waals surface area contributed by atoms with E-state index in [1.54, 1.807) is 11.7 Å². The molecule has 0 spiro atoms. The number of ether oxygens (including phenoxy) is 1. The van der Waals surface area contributed by atoms with Gasteiger partial charge in [0.05, 0.1) is 18.7 Å². The molecule has 0 fully saturated rings. The first-order chi connectivity index (χ1) is 10.0. The van der Waals surface area contributed by atoms with Crippen LogP contribution in [0.1, 0.15) is 36.1 Å². The first-order valence-corrected chi connectivity index (χ1v) is 6.53. The van der Waals surface area contributed by atoms with Crippen LogP contribution in [0.25, 0.3) is 0 Å². The van der Waals surface area contributed by atoms with Crippen molar-refractivity contribution in [2.75, 3.05) is 7.11 Å². The third kappa shape index (κ3) is 3.33. The summed E-state index contributed by atoms with van der Waals surface area (Å²) in [5, 5.41) is 6.97. The average Bonchev–Trinajstić information content (AvgIpc) is 2.90. The summed E-state index contributed by atoms with van der Waals surface area (Å²) < 4.78 is 6.52. The molecule has 21 heavy (non-hydrogen) atoms. The van der Waals surface area contributed by atoms with Gasteiger partial charge < -0.3 is 10.1 Å². The molecule has 0 saturated heterocycles. The van der Waals surface area contributed by atoms with E-state index < -0.39 is 0 Å². The summed E-state index contributed by atoms with van der Waals surface area (Å²) in [4.78, 5) is 24.3. The molecule has 0 aliphatic carbocycles. The lowest BCUT2D eigenvalue weighted by Crippen LogP contribution is -2.33. The summed E-state index contributed by atoms with van der Waals surface area (Å²) in [7, 11) is 3.26. The Bertz CT molecular complexity index is 607. The molecule has 0 aliphatic rings. The van der Waals surface area contributed by atoms with Crippen LogP contribution >= 0.6 is 0 Å². The molecule has 1 atom stereocenters. The number of amides is 1. The van der Waals surface area contributed by atoms with Crippen LogP contribution in [0.2, 0.25) is 0 Å². The molecule has 8 heteroatoms. The molecule has 0 aromatic carbocycles. The minimum absolute atomic E-state index is 0.163. The minimum Gasteiger partial charge on any atom is -0.467 e. The molecule has 1 amide bonds. The number of carbonyl (C=O) groups is 1. The Morgan fingerprint density at radius 3 is 2.43 bits per heavy atom. The molecule has 0 saturated carbocycles. The van der Waals surface area contributed by atoms with E-state index in [2.05, 4.69) is 25.4 Å². The summed E-state index contributed by atoms with van der Waals surface area (Å²) >= 11 is 0. The van der Waals surface area contributed by atoms with E-state index in [0.717, 1.165) is 0 Å². The Morgan fingerprint density at radius 1 is 1.29 bits per heavy atom. The summed E-state index contributed by atoms with van der Waals surface area (Å²) in [6.07, 6.45) is 4.32. The topological polar surface area (TPSA) is 94.8 Å². The number of hydrogen-bond acceptors (Lipinski definition) is 6. The van der Waals surface area contributed by atoms with Gasteiger partial charge in [0, 0.05) is 19.4 Å². The summed E-state index contributed by atoms with van der Waals surface area (Å²) in [5.41, 5.74) is 0.364. The highest BCUT2D eigenvalue weighted by molar-refractivity contribution is 5.93. The van der Waals surface area contributed by atoms with Gasteiger partial charge in [-0.05, 0) is 5.92 Å². The fourth-order valence-corrected chi connectivity index (χ4v) is 1.88. The fraction of sp³-hybridized carbons (Fsp3) is 0.462. The van der Waals surface area contributed by atoms with E-state index in [1.807, 2.05) is 13.8 Å². The molecule has 2 rings (SSSR count). The lowest BCUT2D eigenvalue weighted by molar-refractivity contribution is 0.0921. The van der Waals surface area contributed by atoms with Gasteiger partial charge in [-0.25, -0.2) is 15.0 Å². The SMILES string of the molecule is COc1ncc(C(=O)N[C@@H](c2ncnn2C)C(C)C)cn1. The molecular weight excluding hydrogens is 272 g/mol. The number of nitrogens with one attached hydrogen (secondary N) is 1. The van der Waals surface area contributed by atoms with Crippen LogP contribution in [0.3, 0.4) is 0 Å². The second-order valence-corrected chi connectivity index (χ2v) is 4.90. The molecular formula is C13H18N6O2. The van der Waals surface area contributed by atoms with Crippen molar-refractivity contribution in [2.45, 2.75) is 19.9 Å². The monoisotopic (exact) mass is 290 g/mol. The van der Waals surface area contributed by atoms with Gasteiger partial charge in [-0.3, -0.25) is 9.48 Å². The fourth-order valence-electron chi connectivity index (χ4n) is 1.88. The van der Waals surface area contributed by atoms with Crippen LogP contribution in [-0.4, -0.2) is 37.7 Å². The van der Waals surface area contributed by atoms with Crippen molar-refractivity contribution >= 4 is 5.91 Å². The summed E-state index contributed by atoms with van der Waals surface area (Å²) in [6.45, 7) is 4.01. The normalized spacial score (nSPS) is 12.2.